The van der Waals surface area contributed by atoms with E-state index in [2.05, 4.69) is 4.98 Å². The van der Waals surface area contributed by atoms with E-state index in [0.717, 1.165) is 0 Å². The third-order valence-electron chi connectivity index (χ3n) is 1.20. The van der Waals surface area contributed by atoms with Crippen molar-refractivity contribution in [2.24, 2.45) is 0 Å². The Hall–Kier alpha value is -1.19. The van der Waals surface area contributed by atoms with Gasteiger partial charge >= 0.3 is 0 Å². The van der Waals surface area contributed by atoms with Gasteiger partial charge in [-0.3, -0.25) is 4.79 Å². The summed E-state index contributed by atoms with van der Waals surface area (Å²) in [6.07, 6.45) is 0.241. The number of rotatable bonds is 1. The molecule has 1 N–H and O–H groups in total. The predicted octanol–water partition coefficient (Wildman–Crippen LogP) is 1.41. The van der Waals surface area contributed by atoms with Gasteiger partial charge in [-0.05, 0) is 6.92 Å². The Bertz CT molecular complexity index is 267. The smallest absolute Gasteiger partial charge is 0.187 e. The zero-order valence-corrected chi connectivity index (χ0v) is 5.24. The molecule has 0 radical (unpaired) electrons. The van der Waals surface area contributed by atoms with Crippen LogP contribution in [0.2, 0.25) is 0 Å². The standard InChI is InChI=1S/C6H5F2NO/c1-3-5(7)6(8)4(2-10)9-3/h2,9H,1H3. The number of aryl methyl sites for hydroxylation is 1. The summed E-state index contributed by atoms with van der Waals surface area (Å²) in [6.45, 7) is 1.35. The number of aromatic amines is 1. The molecule has 0 aromatic carbocycles. The molecule has 0 saturated heterocycles. The molecule has 0 saturated carbocycles. The Balaban J connectivity index is 3.30. The first-order chi connectivity index (χ1) is 4.66. The number of aldehydes is 1. The summed E-state index contributed by atoms with van der Waals surface area (Å²) in [7, 11) is 0. The Morgan fingerprint density at radius 1 is 1.40 bits per heavy atom. The molecule has 4 heteroatoms. The van der Waals surface area contributed by atoms with Crippen LogP contribution in [-0.2, 0) is 0 Å². The highest BCUT2D eigenvalue weighted by Gasteiger charge is 2.12. The van der Waals surface area contributed by atoms with Crippen LogP contribution in [-0.4, -0.2) is 11.3 Å². The molecule has 0 unspecified atom stereocenters. The molecule has 0 fully saturated rings. The molecule has 1 rings (SSSR count). The van der Waals surface area contributed by atoms with Crippen LogP contribution in [0, 0.1) is 18.6 Å². The van der Waals surface area contributed by atoms with Gasteiger partial charge in [0.05, 0.1) is 5.69 Å². The number of H-pyrrole nitrogens is 1. The van der Waals surface area contributed by atoms with E-state index >= 15 is 0 Å². The molecule has 54 valence electrons. The van der Waals surface area contributed by atoms with Crippen LogP contribution < -0.4 is 0 Å². The monoisotopic (exact) mass is 145 g/mol. The van der Waals surface area contributed by atoms with Gasteiger partial charge in [0.25, 0.3) is 0 Å². The Labute approximate surface area is 55.9 Å². The van der Waals surface area contributed by atoms with E-state index in [-0.39, 0.29) is 17.7 Å². The molecule has 0 bridgehead atoms. The number of carbonyl (C=O) groups excluding carboxylic acids is 1. The van der Waals surface area contributed by atoms with E-state index in [4.69, 9.17) is 0 Å². The maximum Gasteiger partial charge on any atom is 0.187 e. The van der Waals surface area contributed by atoms with Crippen molar-refractivity contribution in [3.05, 3.63) is 23.0 Å². The Kier molecular flexibility index (Phi) is 1.53. The highest BCUT2D eigenvalue weighted by atomic mass is 19.2. The van der Waals surface area contributed by atoms with Crippen LogP contribution in [0.3, 0.4) is 0 Å². The van der Waals surface area contributed by atoms with Crippen molar-refractivity contribution in [2.75, 3.05) is 0 Å². The normalized spacial score (nSPS) is 9.90. The first-order valence-corrected chi connectivity index (χ1v) is 2.65. The van der Waals surface area contributed by atoms with E-state index in [1.165, 1.54) is 6.92 Å². The lowest BCUT2D eigenvalue weighted by Gasteiger charge is -1.79. The largest absolute Gasteiger partial charge is 0.351 e. The van der Waals surface area contributed by atoms with Crippen LogP contribution in [0.4, 0.5) is 8.78 Å². The fourth-order valence-electron chi connectivity index (χ4n) is 0.676. The maximum absolute atomic E-state index is 12.4. The van der Waals surface area contributed by atoms with E-state index < -0.39 is 11.6 Å². The molecule has 10 heavy (non-hydrogen) atoms. The van der Waals surface area contributed by atoms with Crippen molar-refractivity contribution < 1.29 is 13.6 Å². The summed E-state index contributed by atoms with van der Waals surface area (Å²) < 4.78 is 24.8. The molecule has 0 aliphatic heterocycles. The summed E-state index contributed by atoms with van der Waals surface area (Å²) >= 11 is 0. The van der Waals surface area contributed by atoms with E-state index in [0.29, 0.717) is 0 Å². The molecule has 1 aromatic heterocycles. The molecular weight excluding hydrogens is 140 g/mol. The zero-order chi connectivity index (χ0) is 7.72. The number of hydrogen-bond donors (Lipinski definition) is 1. The number of carbonyl (C=O) groups is 1. The third kappa shape index (κ3) is 0.814. The second kappa shape index (κ2) is 2.21. The molecular formula is C6H5F2NO. The fourth-order valence-corrected chi connectivity index (χ4v) is 0.676. The zero-order valence-electron chi connectivity index (χ0n) is 5.24. The molecule has 0 atom stereocenters. The Morgan fingerprint density at radius 2 is 2.00 bits per heavy atom. The minimum absolute atomic E-state index is 0.0413. The molecule has 1 aromatic rings. The fraction of sp³-hybridized carbons (Fsp3) is 0.167. The molecule has 2 nitrogen and oxygen atoms in total. The predicted molar refractivity (Wildman–Crippen MR) is 30.8 cm³/mol. The summed E-state index contributed by atoms with van der Waals surface area (Å²) in [5.74, 6) is -2.09. The van der Waals surface area contributed by atoms with Crippen LogP contribution in [0.1, 0.15) is 16.2 Å². The van der Waals surface area contributed by atoms with Crippen molar-refractivity contribution in [2.45, 2.75) is 6.92 Å². The van der Waals surface area contributed by atoms with Crippen LogP contribution in [0.15, 0.2) is 0 Å². The lowest BCUT2D eigenvalue weighted by atomic mass is 10.4. The summed E-state index contributed by atoms with van der Waals surface area (Å²) in [4.78, 5) is 12.2. The van der Waals surface area contributed by atoms with Gasteiger partial charge in [-0.15, -0.1) is 0 Å². The van der Waals surface area contributed by atoms with Gasteiger partial charge in [0.2, 0.25) is 0 Å². The number of hydrogen-bond acceptors (Lipinski definition) is 1. The van der Waals surface area contributed by atoms with Gasteiger partial charge in [-0.25, -0.2) is 8.78 Å². The highest BCUT2D eigenvalue weighted by Crippen LogP contribution is 2.12. The van der Waals surface area contributed by atoms with Gasteiger partial charge in [0.1, 0.15) is 5.69 Å². The van der Waals surface area contributed by atoms with Crippen molar-refractivity contribution >= 4 is 6.29 Å². The lowest BCUT2D eigenvalue weighted by Crippen LogP contribution is -1.82. The molecule has 0 aliphatic carbocycles. The van der Waals surface area contributed by atoms with E-state index in [1.807, 2.05) is 0 Å². The van der Waals surface area contributed by atoms with Gasteiger partial charge in [-0.1, -0.05) is 0 Å². The molecule has 0 aliphatic rings. The number of halogens is 2. The van der Waals surface area contributed by atoms with Gasteiger partial charge < -0.3 is 4.98 Å². The SMILES string of the molecule is Cc1[nH]c(C=O)c(F)c1F. The minimum atomic E-state index is -1.10. The molecule has 0 spiro atoms. The third-order valence-corrected chi connectivity index (χ3v) is 1.20. The van der Waals surface area contributed by atoms with Crippen molar-refractivity contribution in [3.63, 3.8) is 0 Å². The summed E-state index contributed by atoms with van der Waals surface area (Å²) in [5, 5.41) is 0. The van der Waals surface area contributed by atoms with Crippen molar-refractivity contribution in [1.82, 2.24) is 4.98 Å². The highest BCUT2D eigenvalue weighted by molar-refractivity contribution is 5.72. The molecule has 1 heterocycles. The maximum atomic E-state index is 12.4. The first-order valence-electron chi connectivity index (χ1n) is 2.65. The Morgan fingerprint density at radius 3 is 2.20 bits per heavy atom. The quantitative estimate of drug-likeness (QED) is 0.595. The minimum Gasteiger partial charge on any atom is -0.351 e. The number of aromatic nitrogens is 1. The number of nitrogens with one attached hydrogen (secondary N) is 1. The topological polar surface area (TPSA) is 32.9 Å². The van der Waals surface area contributed by atoms with Gasteiger partial charge in [-0.2, -0.15) is 0 Å². The van der Waals surface area contributed by atoms with E-state index in [1.54, 1.807) is 0 Å². The second-order valence-electron chi connectivity index (χ2n) is 1.91. The van der Waals surface area contributed by atoms with Crippen molar-refractivity contribution in [3.8, 4) is 0 Å². The van der Waals surface area contributed by atoms with Crippen LogP contribution in [0.25, 0.3) is 0 Å². The van der Waals surface area contributed by atoms with E-state index in [9.17, 15) is 13.6 Å². The van der Waals surface area contributed by atoms with Crippen LogP contribution >= 0.6 is 0 Å². The van der Waals surface area contributed by atoms with Crippen molar-refractivity contribution in [1.29, 1.82) is 0 Å². The van der Waals surface area contributed by atoms with Gasteiger partial charge in [0.15, 0.2) is 17.9 Å². The first kappa shape index (κ1) is 6.92. The lowest BCUT2D eigenvalue weighted by molar-refractivity contribution is 0.111. The summed E-state index contributed by atoms with van der Waals surface area (Å²) in [5.41, 5.74) is -0.297. The molecule has 0 amide bonds. The average molecular weight is 145 g/mol. The average Bonchev–Trinajstić information content (AvgIpc) is 2.17. The van der Waals surface area contributed by atoms with Gasteiger partial charge in [0, 0.05) is 0 Å². The van der Waals surface area contributed by atoms with Crippen LogP contribution in [0.5, 0.6) is 0 Å². The summed E-state index contributed by atoms with van der Waals surface area (Å²) in [6, 6.07) is 0. The second-order valence-corrected chi connectivity index (χ2v) is 1.91.